The Kier molecular flexibility index (Phi) is 8.13. The first kappa shape index (κ1) is 27.3. The van der Waals surface area contributed by atoms with Crippen LogP contribution in [0.15, 0.2) is 65.6 Å². The van der Waals surface area contributed by atoms with Gasteiger partial charge in [0.15, 0.2) is 0 Å². The second-order valence-electron chi connectivity index (χ2n) is 9.48. The van der Waals surface area contributed by atoms with Crippen LogP contribution in [0.4, 0.5) is 5.69 Å². The maximum absolute atomic E-state index is 13.5. The monoisotopic (exact) mass is 537 g/mol. The van der Waals surface area contributed by atoms with Crippen LogP contribution in [0.3, 0.4) is 0 Å². The van der Waals surface area contributed by atoms with E-state index in [0.29, 0.717) is 34.9 Å². The van der Waals surface area contributed by atoms with Gasteiger partial charge in [-0.3, -0.25) is 14.4 Å². The lowest BCUT2D eigenvalue weighted by Gasteiger charge is -2.36. The number of amides is 2. The number of aryl methyl sites for hydroxylation is 1. The molecular formula is C28H31N3O6S. The summed E-state index contributed by atoms with van der Waals surface area (Å²) < 4.78 is 29.6. The fourth-order valence-electron chi connectivity index (χ4n) is 4.84. The van der Waals surface area contributed by atoms with Crippen LogP contribution < -0.4 is 10.0 Å². The molecule has 3 aromatic carbocycles. The number of carboxylic acid groups (broad SMARTS) is 1. The van der Waals surface area contributed by atoms with Crippen LogP contribution in [0, 0.1) is 12.8 Å². The summed E-state index contributed by atoms with van der Waals surface area (Å²) in [6, 6.07) is 16.1. The number of piperidine rings is 1. The number of hydrogen-bond acceptors (Lipinski definition) is 5. The summed E-state index contributed by atoms with van der Waals surface area (Å²) >= 11 is 0. The van der Waals surface area contributed by atoms with Gasteiger partial charge in [0.25, 0.3) is 5.91 Å². The number of carbonyl (C=O) groups is 3. The highest BCUT2D eigenvalue weighted by molar-refractivity contribution is 7.89. The lowest BCUT2D eigenvalue weighted by Crippen LogP contribution is -2.54. The van der Waals surface area contributed by atoms with E-state index in [2.05, 4.69) is 10.0 Å². The first-order valence-corrected chi connectivity index (χ1v) is 14.0. The second kappa shape index (κ2) is 11.3. The topological polar surface area (TPSA) is 133 Å². The Bertz CT molecular complexity index is 1490. The van der Waals surface area contributed by atoms with E-state index in [9.17, 15) is 27.9 Å². The minimum absolute atomic E-state index is 0.0179. The predicted octanol–water partition coefficient (Wildman–Crippen LogP) is 3.78. The molecule has 0 aromatic heterocycles. The van der Waals surface area contributed by atoms with Crippen LogP contribution in [0.5, 0.6) is 0 Å². The average Bonchev–Trinajstić information content (AvgIpc) is 2.89. The van der Waals surface area contributed by atoms with Crippen LogP contribution in [0.2, 0.25) is 0 Å². The van der Waals surface area contributed by atoms with E-state index in [4.69, 9.17) is 0 Å². The number of anilines is 1. The van der Waals surface area contributed by atoms with E-state index in [1.54, 1.807) is 36.4 Å². The number of fused-ring (bicyclic) bond motifs is 1. The molecule has 2 amide bonds. The number of sulfonamides is 1. The largest absolute Gasteiger partial charge is 0.481 e. The van der Waals surface area contributed by atoms with Crippen molar-refractivity contribution in [2.75, 3.05) is 18.4 Å². The first-order chi connectivity index (χ1) is 18.1. The van der Waals surface area contributed by atoms with Gasteiger partial charge >= 0.3 is 5.97 Å². The SMILES string of the molecule is CCCC(=O)N1CC[C@@H](NS(=O)(=O)c2ccc(NC(=O)c3ccccc3C)c3ccccc23)[C@@H](C(=O)O)C1. The molecule has 3 aromatic rings. The molecule has 0 unspecified atom stereocenters. The van der Waals surface area contributed by atoms with Gasteiger partial charge in [-0.1, -0.05) is 49.4 Å². The first-order valence-electron chi connectivity index (χ1n) is 12.5. The minimum atomic E-state index is -4.13. The van der Waals surface area contributed by atoms with Crippen LogP contribution in [-0.4, -0.2) is 55.3 Å². The molecule has 10 heteroatoms. The van der Waals surface area contributed by atoms with Gasteiger partial charge in [0, 0.05) is 47.6 Å². The molecule has 38 heavy (non-hydrogen) atoms. The predicted molar refractivity (Wildman–Crippen MR) is 144 cm³/mol. The normalized spacial score (nSPS) is 17.8. The molecule has 2 atom stereocenters. The lowest BCUT2D eigenvalue weighted by atomic mass is 9.93. The number of carboxylic acids is 1. The Morgan fingerprint density at radius 3 is 2.37 bits per heavy atom. The molecular weight excluding hydrogens is 506 g/mol. The molecule has 0 spiro atoms. The summed E-state index contributed by atoms with van der Waals surface area (Å²) in [5, 5.41) is 13.6. The minimum Gasteiger partial charge on any atom is -0.481 e. The van der Waals surface area contributed by atoms with Gasteiger partial charge < -0.3 is 15.3 Å². The Balaban J connectivity index is 1.61. The Labute approximate surface area is 221 Å². The summed E-state index contributed by atoms with van der Waals surface area (Å²) in [7, 11) is -4.13. The van der Waals surface area contributed by atoms with Gasteiger partial charge in [0.05, 0.1) is 10.8 Å². The number of likely N-dealkylation sites (tertiary alicyclic amines) is 1. The highest BCUT2D eigenvalue weighted by Crippen LogP contribution is 2.31. The van der Waals surface area contributed by atoms with Gasteiger partial charge in [-0.25, -0.2) is 13.1 Å². The fourth-order valence-corrected chi connectivity index (χ4v) is 6.36. The zero-order valence-electron chi connectivity index (χ0n) is 21.3. The van der Waals surface area contributed by atoms with Gasteiger partial charge in [-0.15, -0.1) is 0 Å². The van der Waals surface area contributed by atoms with E-state index < -0.39 is 28.0 Å². The molecule has 0 radical (unpaired) electrons. The maximum Gasteiger partial charge on any atom is 0.309 e. The van der Waals surface area contributed by atoms with Crippen LogP contribution in [-0.2, 0) is 19.6 Å². The van der Waals surface area contributed by atoms with Crippen molar-refractivity contribution in [2.45, 2.75) is 44.0 Å². The highest BCUT2D eigenvalue weighted by atomic mass is 32.2. The molecule has 0 saturated carbocycles. The number of aliphatic carboxylic acids is 1. The smallest absolute Gasteiger partial charge is 0.309 e. The van der Waals surface area contributed by atoms with Crippen molar-refractivity contribution in [1.82, 2.24) is 9.62 Å². The Morgan fingerprint density at radius 2 is 1.68 bits per heavy atom. The second-order valence-corrected chi connectivity index (χ2v) is 11.2. The molecule has 0 aliphatic carbocycles. The number of hydrogen-bond donors (Lipinski definition) is 3. The molecule has 1 aliphatic rings. The molecule has 3 N–H and O–H groups in total. The van der Waals surface area contributed by atoms with Gasteiger partial charge in [0.2, 0.25) is 15.9 Å². The quantitative estimate of drug-likeness (QED) is 0.401. The Morgan fingerprint density at radius 1 is 1.00 bits per heavy atom. The number of nitrogens with zero attached hydrogens (tertiary/aromatic N) is 1. The number of nitrogens with one attached hydrogen (secondary N) is 2. The summed E-state index contributed by atoms with van der Waals surface area (Å²) in [6.07, 6.45) is 1.16. The number of carbonyl (C=O) groups excluding carboxylic acids is 2. The van der Waals surface area contributed by atoms with Gasteiger partial charge in [0.1, 0.15) is 0 Å². The molecule has 200 valence electrons. The van der Waals surface area contributed by atoms with Crippen molar-refractivity contribution in [3.8, 4) is 0 Å². The zero-order chi connectivity index (χ0) is 27.4. The van der Waals surface area contributed by atoms with Crippen molar-refractivity contribution < 1.29 is 27.9 Å². The third kappa shape index (κ3) is 5.71. The van der Waals surface area contributed by atoms with E-state index in [1.807, 2.05) is 26.0 Å². The third-order valence-corrected chi connectivity index (χ3v) is 8.41. The van der Waals surface area contributed by atoms with Crippen molar-refractivity contribution in [3.05, 3.63) is 71.8 Å². The third-order valence-electron chi connectivity index (χ3n) is 6.86. The van der Waals surface area contributed by atoms with Gasteiger partial charge in [-0.2, -0.15) is 0 Å². The van der Waals surface area contributed by atoms with E-state index in [0.717, 1.165) is 5.56 Å². The van der Waals surface area contributed by atoms with Crippen molar-refractivity contribution in [1.29, 1.82) is 0 Å². The fraction of sp³-hybridized carbons (Fsp3) is 0.321. The highest BCUT2D eigenvalue weighted by Gasteiger charge is 2.38. The molecule has 0 bridgehead atoms. The molecule has 4 rings (SSSR count). The molecule has 1 saturated heterocycles. The van der Waals surface area contributed by atoms with E-state index in [-0.39, 0.29) is 36.2 Å². The number of benzene rings is 3. The summed E-state index contributed by atoms with van der Waals surface area (Å²) in [5.74, 6) is -2.67. The molecule has 1 heterocycles. The summed E-state index contributed by atoms with van der Waals surface area (Å²) in [5.41, 5.74) is 1.78. The van der Waals surface area contributed by atoms with Crippen LogP contribution in [0.25, 0.3) is 10.8 Å². The summed E-state index contributed by atoms with van der Waals surface area (Å²) in [4.78, 5) is 38.7. The van der Waals surface area contributed by atoms with Gasteiger partial charge in [-0.05, 0) is 43.5 Å². The van der Waals surface area contributed by atoms with Crippen molar-refractivity contribution in [3.63, 3.8) is 0 Å². The van der Waals surface area contributed by atoms with Crippen LogP contribution in [0.1, 0.15) is 42.1 Å². The maximum atomic E-state index is 13.5. The Hall–Kier alpha value is -3.76. The average molecular weight is 538 g/mol. The lowest BCUT2D eigenvalue weighted by molar-refractivity contribution is -0.146. The van der Waals surface area contributed by atoms with Crippen molar-refractivity contribution in [2.24, 2.45) is 5.92 Å². The molecule has 1 fully saturated rings. The van der Waals surface area contributed by atoms with Crippen molar-refractivity contribution >= 4 is 44.3 Å². The van der Waals surface area contributed by atoms with Crippen LogP contribution >= 0.6 is 0 Å². The van der Waals surface area contributed by atoms with E-state index >= 15 is 0 Å². The molecule has 1 aliphatic heterocycles. The summed E-state index contributed by atoms with van der Waals surface area (Å²) in [6.45, 7) is 3.94. The standard InChI is InChI=1S/C28H31N3O6S/c1-3-8-26(32)31-16-15-24(22(17-31)28(34)35)30-38(36,37)25-14-13-23(20-11-6-7-12-21(20)25)29-27(33)19-10-5-4-9-18(19)2/h4-7,9-14,22,24,30H,3,8,15-17H2,1-2H3,(H,29,33)(H,34,35)/t22-,24+/m0/s1. The zero-order valence-corrected chi connectivity index (χ0v) is 22.1. The molecule has 9 nitrogen and oxygen atoms in total. The number of rotatable bonds is 8. The van der Waals surface area contributed by atoms with E-state index in [1.165, 1.54) is 17.0 Å².